The predicted molar refractivity (Wildman–Crippen MR) is 65.9 cm³/mol. The Kier molecular flexibility index (Phi) is 2.93. The molecule has 2 aromatic heterocycles. The second kappa shape index (κ2) is 4.40. The molecule has 92 valence electrons. The maximum atomic E-state index is 12.1. The second-order valence-electron chi connectivity index (χ2n) is 3.78. The molecule has 0 bridgehead atoms. The van der Waals surface area contributed by atoms with Gasteiger partial charge in [-0.1, -0.05) is 6.07 Å². The number of pyridine rings is 1. The lowest BCUT2D eigenvalue weighted by molar-refractivity contribution is -0.116. The number of hydrogen-bond donors (Lipinski definition) is 0. The largest absolute Gasteiger partial charge is 0.299 e. The summed E-state index contributed by atoms with van der Waals surface area (Å²) in [4.78, 5) is 39.8. The van der Waals surface area contributed by atoms with Crippen molar-refractivity contribution in [2.45, 2.75) is 6.92 Å². The van der Waals surface area contributed by atoms with Gasteiger partial charge in [-0.25, -0.2) is 4.98 Å². The molecule has 1 amide bonds. The zero-order valence-corrected chi connectivity index (χ0v) is 9.95. The molecule has 18 heavy (non-hydrogen) atoms. The van der Waals surface area contributed by atoms with Crippen molar-refractivity contribution in [3.8, 4) is 0 Å². The average molecular weight is 245 g/mol. The van der Waals surface area contributed by atoms with E-state index in [0.29, 0.717) is 11.9 Å². The minimum Gasteiger partial charge on any atom is -0.299 e. The van der Waals surface area contributed by atoms with E-state index in [2.05, 4.69) is 4.98 Å². The van der Waals surface area contributed by atoms with E-state index >= 15 is 0 Å². The number of fused-ring (bicyclic) bond motifs is 1. The summed E-state index contributed by atoms with van der Waals surface area (Å²) >= 11 is 0. The van der Waals surface area contributed by atoms with Crippen molar-refractivity contribution in [2.24, 2.45) is 0 Å². The topological polar surface area (TPSA) is 71.8 Å². The van der Waals surface area contributed by atoms with Gasteiger partial charge in [0.25, 0.3) is 5.56 Å². The third-order valence-electron chi connectivity index (χ3n) is 2.66. The minimum absolute atomic E-state index is 0.0775. The zero-order chi connectivity index (χ0) is 13.3. The number of anilines is 1. The summed E-state index contributed by atoms with van der Waals surface area (Å²) in [5.41, 5.74) is -0.230. The Morgan fingerprint density at radius 3 is 2.78 bits per heavy atom. The first-order valence-corrected chi connectivity index (χ1v) is 5.27. The highest BCUT2D eigenvalue weighted by Crippen LogP contribution is 2.13. The van der Waals surface area contributed by atoms with Gasteiger partial charge in [0.2, 0.25) is 5.91 Å². The van der Waals surface area contributed by atoms with E-state index < -0.39 is 5.56 Å². The minimum atomic E-state index is -0.487. The van der Waals surface area contributed by atoms with Crippen LogP contribution >= 0.6 is 0 Å². The molecular formula is C12H11N3O3. The summed E-state index contributed by atoms with van der Waals surface area (Å²) in [6, 6.07) is 5.02. The lowest BCUT2D eigenvalue weighted by Crippen LogP contribution is -2.30. The molecule has 0 saturated carbocycles. The summed E-state index contributed by atoms with van der Waals surface area (Å²) in [5, 5.41) is 0. The van der Waals surface area contributed by atoms with Crippen LogP contribution in [0.4, 0.5) is 5.82 Å². The van der Waals surface area contributed by atoms with Crippen LogP contribution in [0.15, 0.2) is 29.2 Å². The van der Waals surface area contributed by atoms with Crippen molar-refractivity contribution in [2.75, 3.05) is 11.9 Å². The molecule has 2 rings (SSSR count). The fourth-order valence-corrected chi connectivity index (χ4v) is 1.60. The van der Waals surface area contributed by atoms with Crippen LogP contribution in [0.2, 0.25) is 0 Å². The summed E-state index contributed by atoms with van der Waals surface area (Å²) in [6.45, 7) is 1.34. The number of amides is 1. The lowest BCUT2D eigenvalue weighted by atomic mass is 10.3. The number of nitrogens with zero attached hydrogens (tertiary/aromatic N) is 3. The summed E-state index contributed by atoms with van der Waals surface area (Å²) in [6.07, 6.45) is 1.94. The van der Waals surface area contributed by atoms with Gasteiger partial charge in [0, 0.05) is 20.2 Å². The van der Waals surface area contributed by atoms with Crippen molar-refractivity contribution in [1.29, 1.82) is 0 Å². The van der Waals surface area contributed by atoms with Crippen LogP contribution in [-0.2, 0) is 4.79 Å². The van der Waals surface area contributed by atoms with E-state index in [1.807, 2.05) is 0 Å². The monoisotopic (exact) mass is 245 g/mol. The molecular weight excluding hydrogens is 234 g/mol. The van der Waals surface area contributed by atoms with Gasteiger partial charge in [0.15, 0.2) is 12.1 Å². The maximum Gasteiger partial charge on any atom is 0.270 e. The highest BCUT2D eigenvalue weighted by Gasteiger charge is 2.17. The Bertz CT molecular complexity index is 691. The van der Waals surface area contributed by atoms with E-state index in [0.717, 1.165) is 0 Å². The van der Waals surface area contributed by atoms with E-state index in [-0.39, 0.29) is 17.3 Å². The third kappa shape index (κ3) is 1.77. The molecule has 6 nitrogen and oxygen atoms in total. The Morgan fingerprint density at radius 2 is 2.17 bits per heavy atom. The molecule has 0 aliphatic rings. The third-order valence-corrected chi connectivity index (χ3v) is 2.66. The second-order valence-corrected chi connectivity index (χ2v) is 3.78. The van der Waals surface area contributed by atoms with Gasteiger partial charge in [-0.2, -0.15) is 0 Å². The Balaban J connectivity index is 2.85. The molecule has 0 aromatic carbocycles. The van der Waals surface area contributed by atoms with E-state index in [1.54, 1.807) is 18.2 Å². The molecule has 2 heterocycles. The van der Waals surface area contributed by atoms with E-state index in [9.17, 15) is 14.4 Å². The first kappa shape index (κ1) is 12.0. The van der Waals surface area contributed by atoms with Gasteiger partial charge in [0.1, 0.15) is 11.2 Å². The molecule has 0 aliphatic carbocycles. The highest BCUT2D eigenvalue weighted by atomic mass is 16.2. The fraction of sp³-hybridized carbons (Fsp3) is 0.167. The highest BCUT2D eigenvalue weighted by molar-refractivity contribution is 5.95. The maximum absolute atomic E-state index is 12.1. The van der Waals surface area contributed by atoms with Gasteiger partial charge in [0.05, 0.1) is 0 Å². The SMILES string of the molecule is CC(=O)N(C)c1nc2ccccn2c(=O)c1C=O. The zero-order valence-electron chi connectivity index (χ0n) is 9.95. The van der Waals surface area contributed by atoms with E-state index in [4.69, 9.17) is 0 Å². The van der Waals surface area contributed by atoms with Crippen LogP contribution in [0.1, 0.15) is 17.3 Å². The molecule has 0 spiro atoms. The Morgan fingerprint density at radius 1 is 1.44 bits per heavy atom. The first-order chi connectivity index (χ1) is 8.56. The number of rotatable bonds is 2. The fourth-order valence-electron chi connectivity index (χ4n) is 1.60. The quantitative estimate of drug-likeness (QED) is 0.722. The van der Waals surface area contributed by atoms with Crippen molar-refractivity contribution in [3.63, 3.8) is 0 Å². The van der Waals surface area contributed by atoms with Crippen LogP contribution in [0, 0.1) is 0 Å². The molecule has 0 radical (unpaired) electrons. The van der Waals surface area contributed by atoms with Gasteiger partial charge >= 0.3 is 0 Å². The Labute approximate surface area is 102 Å². The molecule has 0 unspecified atom stereocenters. The average Bonchev–Trinajstić information content (AvgIpc) is 2.37. The molecule has 2 aromatic rings. The summed E-state index contributed by atoms with van der Waals surface area (Å²) in [7, 11) is 1.47. The molecule has 0 saturated heterocycles. The smallest absolute Gasteiger partial charge is 0.270 e. The summed E-state index contributed by atoms with van der Waals surface area (Å²) < 4.78 is 1.27. The van der Waals surface area contributed by atoms with Crippen LogP contribution < -0.4 is 10.5 Å². The lowest BCUT2D eigenvalue weighted by Gasteiger charge is -2.16. The van der Waals surface area contributed by atoms with Crippen LogP contribution in [0.25, 0.3) is 5.65 Å². The van der Waals surface area contributed by atoms with Crippen molar-refractivity contribution in [3.05, 3.63) is 40.3 Å². The van der Waals surface area contributed by atoms with Crippen LogP contribution in [0.5, 0.6) is 0 Å². The van der Waals surface area contributed by atoms with Gasteiger partial charge in [-0.3, -0.25) is 23.7 Å². The molecule has 0 aliphatic heterocycles. The number of aldehydes is 1. The van der Waals surface area contributed by atoms with Gasteiger partial charge in [-0.15, -0.1) is 0 Å². The van der Waals surface area contributed by atoms with Crippen LogP contribution in [0.3, 0.4) is 0 Å². The van der Waals surface area contributed by atoms with Crippen molar-refractivity contribution < 1.29 is 9.59 Å². The predicted octanol–water partition coefficient (Wildman–Crippen LogP) is 0.490. The molecule has 6 heteroatoms. The number of hydrogen-bond acceptors (Lipinski definition) is 4. The Hall–Kier alpha value is -2.50. The van der Waals surface area contributed by atoms with Gasteiger partial charge < -0.3 is 0 Å². The number of carbonyl (C=O) groups excluding carboxylic acids is 2. The van der Waals surface area contributed by atoms with Crippen molar-refractivity contribution in [1.82, 2.24) is 9.38 Å². The number of aromatic nitrogens is 2. The molecule has 0 atom stereocenters. The van der Waals surface area contributed by atoms with Crippen LogP contribution in [-0.4, -0.2) is 28.6 Å². The molecule has 0 fully saturated rings. The molecule has 0 N–H and O–H groups in total. The summed E-state index contributed by atoms with van der Waals surface area (Å²) in [5.74, 6) is -0.223. The normalized spacial score (nSPS) is 10.3. The standard InChI is InChI=1S/C12H11N3O3/c1-8(17)14(2)11-9(7-16)12(18)15-6-4-3-5-10(15)13-11/h3-7H,1-2H3. The number of carbonyl (C=O) groups is 2. The van der Waals surface area contributed by atoms with E-state index in [1.165, 1.54) is 29.5 Å². The van der Waals surface area contributed by atoms with Gasteiger partial charge in [-0.05, 0) is 12.1 Å². The first-order valence-electron chi connectivity index (χ1n) is 5.27. The van der Waals surface area contributed by atoms with Crippen molar-refractivity contribution >= 4 is 23.7 Å².